The van der Waals surface area contributed by atoms with Crippen molar-refractivity contribution in [2.24, 2.45) is 0 Å². The monoisotopic (exact) mass is 361 g/mol. The van der Waals surface area contributed by atoms with Crippen molar-refractivity contribution >= 4 is 29.2 Å². The number of rotatable bonds is 5. The highest BCUT2D eigenvalue weighted by molar-refractivity contribution is 7.13. The summed E-state index contributed by atoms with van der Waals surface area (Å²) < 4.78 is 5.10. The molecule has 2 N–H and O–H groups in total. The van der Waals surface area contributed by atoms with Crippen molar-refractivity contribution in [1.82, 2.24) is 15.6 Å². The number of urea groups is 1. The third kappa shape index (κ3) is 5.39. The average molecular weight is 361 g/mol. The number of benzene rings is 1. The van der Waals surface area contributed by atoms with Crippen LogP contribution in [0.5, 0.6) is 0 Å². The topological polar surface area (TPSA) is 97.4 Å². The summed E-state index contributed by atoms with van der Waals surface area (Å²) in [4.78, 5) is 40.3. The van der Waals surface area contributed by atoms with Crippen LogP contribution in [0, 0.1) is 13.8 Å². The second-order valence-corrected chi connectivity index (χ2v) is 6.56. The first-order chi connectivity index (χ1) is 11.9. The summed E-state index contributed by atoms with van der Waals surface area (Å²) >= 11 is 1.20. The molecule has 0 saturated heterocycles. The van der Waals surface area contributed by atoms with Crippen molar-refractivity contribution in [1.29, 1.82) is 0 Å². The molecule has 2 rings (SSSR count). The molecule has 0 aliphatic carbocycles. The van der Waals surface area contributed by atoms with E-state index in [4.69, 9.17) is 4.74 Å². The fourth-order valence-electron chi connectivity index (χ4n) is 2.02. The van der Waals surface area contributed by atoms with Crippen LogP contribution in [0.3, 0.4) is 0 Å². The highest BCUT2D eigenvalue weighted by atomic mass is 32.1. The summed E-state index contributed by atoms with van der Waals surface area (Å²) in [6, 6.07) is 8.63. The van der Waals surface area contributed by atoms with Gasteiger partial charge in [0, 0.05) is 6.54 Å². The van der Waals surface area contributed by atoms with E-state index in [0.29, 0.717) is 10.6 Å². The quantitative estimate of drug-likeness (QED) is 0.797. The van der Waals surface area contributed by atoms with E-state index in [1.807, 2.05) is 30.3 Å². The average Bonchev–Trinajstić information content (AvgIpc) is 2.92. The molecule has 25 heavy (non-hydrogen) atoms. The fourth-order valence-corrected chi connectivity index (χ4v) is 2.83. The molecule has 0 unspecified atom stereocenters. The van der Waals surface area contributed by atoms with Crippen LogP contribution in [0.4, 0.5) is 4.79 Å². The fraction of sp³-hybridized carbons (Fsp3) is 0.294. The van der Waals surface area contributed by atoms with Gasteiger partial charge in [-0.2, -0.15) is 0 Å². The van der Waals surface area contributed by atoms with Crippen LogP contribution in [0.15, 0.2) is 30.3 Å². The van der Waals surface area contributed by atoms with E-state index < -0.39 is 24.0 Å². The van der Waals surface area contributed by atoms with Gasteiger partial charge in [-0.15, -0.1) is 11.3 Å². The number of hydrogen-bond acceptors (Lipinski definition) is 6. The first-order valence-corrected chi connectivity index (χ1v) is 8.46. The molecule has 0 spiro atoms. The Kier molecular flexibility index (Phi) is 6.24. The van der Waals surface area contributed by atoms with Crippen LogP contribution < -0.4 is 10.6 Å². The van der Waals surface area contributed by atoms with Crippen LogP contribution in [0.2, 0.25) is 0 Å². The summed E-state index contributed by atoms with van der Waals surface area (Å²) in [6.45, 7) is 5.16. The lowest BCUT2D eigenvalue weighted by Gasteiger charge is -2.13. The maximum atomic E-state index is 12.1. The van der Waals surface area contributed by atoms with Crippen LogP contribution in [-0.4, -0.2) is 29.0 Å². The minimum Gasteiger partial charge on any atom is -0.448 e. The van der Waals surface area contributed by atoms with Crippen molar-refractivity contribution in [3.8, 4) is 0 Å². The lowest BCUT2D eigenvalue weighted by Crippen LogP contribution is -2.44. The zero-order valence-electron chi connectivity index (χ0n) is 14.2. The largest absolute Gasteiger partial charge is 0.448 e. The van der Waals surface area contributed by atoms with E-state index in [9.17, 15) is 14.4 Å². The van der Waals surface area contributed by atoms with Crippen LogP contribution in [0.1, 0.15) is 32.9 Å². The van der Waals surface area contributed by atoms with E-state index in [1.54, 1.807) is 13.8 Å². The molecule has 2 aromatic rings. The molecule has 8 heteroatoms. The minimum atomic E-state index is -1.10. The van der Waals surface area contributed by atoms with Gasteiger partial charge < -0.3 is 10.1 Å². The number of ether oxygens (including phenoxy) is 1. The zero-order chi connectivity index (χ0) is 18.4. The molecule has 0 bridgehead atoms. The summed E-state index contributed by atoms with van der Waals surface area (Å²) in [7, 11) is 0. The normalized spacial score (nSPS) is 11.5. The zero-order valence-corrected chi connectivity index (χ0v) is 15.0. The predicted octanol–water partition coefficient (Wildman–Crippen LogP) is 2.33. The first-order valence-electron chi connectivity index (χ1n) is 7.64. The molecule has 7 nitrogen and oxygen atoms in total. The Labute approximate surface area is 149 Å². The summed E-state index contributed by atoms with van der Waals surface area (Å²) in [6.07, 6.45) is -1.10. The van der Waals surface area contributed by atoms with Gasteiger partial charge in [0.05, 0.1) is 10.7 Å². The van der Waals surface area contributed by atoms with Gasteiger partial charge >= 0.3 is 12.0 Å². The number of carbonyl (C=O) groups excluding carboxylic acids is 3. The van der Waals surface area contributed by atoms with Crippen molar-refractivity contribution in [2.45, 2.75) is 33.4 Å². The number of esters is 1. The van der Waals surface area contributed by atoms with Gasteiger partial charge in [0.25, 0.3) is 5.91 Å². The van der Waals surface area contributed by atoms with Crippen molar-refractivity contribution < 1.29 is 19.1 Å². The summed E-state index contributed by atoms with van der Waals surface area (Å²) in [5.74, 6) is -1.33. The number of hydrogen-bond donors (Lipinski definition) is 2. The molecule has 1 heterocycles. The van der Waals surface area contributed by atoms with E-state index in [0.717, 1.165) is 10.6 Å². The molecular weight excluding hydrogens is 342 g/mol. The van der Waals surface area contributed by atoms with Crippen molar-refractivity contribution in [2.75, 3.05) is 0 Å². The molecule has 1 atom stereocenters. The van der Waals surface area contributed by atoms with Gasteiger partial charge in [-0.25, -0.2) is 14.6 Å². The molecule has 1 aromatic carbocycles. The molecular formula is C17H19N3O4S. The maximum absolute atomic E-state index is 12.1. The summed E-state index contributed by atoms with van der Waals surface area (Å²) in [5, 5.41) is 5.45. The Bertz CT molecular complexity index is 773. The molecule has 0 fully saturated rings. The molecule has 0 aliphatic heterocycles. The van der Waals surface area contributed by atoms with Crippen LogP contribution >= 0.6 is 11.3 Å². The van der Waals surface area contributed by atoms with Gasteiger partial charge in [-0.1, -0.05) is 30.3 Å². The van der Waals surface area contributed by atoms with Gasteiger partial charge in [-0.3, -0.25) is 10.1 Å². The Morgan fingerprint density at radius 3 is 2.48 bits per heavy atom. The Morgan fingerprint density at radius 2 is 1.88 bits per heavy atom. The number of nitrogens with zero attached hydrogens (tertiary/aromatic N) is 1. The SMILES string of the molecule is Cc1nc(C)c(C(=O)O[C@@H](C)C(=O)NC(=O)NCc2ccccc2)s1. The van der Waals surface area contributed by atoms with E-state index >= 15 is 0 Å². The molecule has 0 aliphatic rings. The van der Waals surface area contributed by atoms with E-state index in [-0.39, 0.29) is 6.54 Å². The lowest BCUT2D eigenvalue weighted by molar-refractivity contribution is -0.127. The van der Waals surface area contributed by atoms with Gasteiger partial charge in [0.1, 0.15) is 4.88 Å². The number of nitrogens with one attached hydrogen (secondary N) is 2. The predicted molar refractivity (Wildman–Crippen MR) is 93.3 cm³/mol. The molecule has 1 aromatic heterocycles. The Balaban J connectivity index is 1.82. The van der Waals surface area contributed by atoms with Gasteiger partial charge in [0.15, 0.2) is 6.10 Å². The third-order valence-electron chi connectivity index (χ3n) is 3.27. The molecule has 132 valence electrons. The van der Waals surface area contributed by atoms with Crippen molar-refractivity contribution in [3.05, 3.63) is 51.5 Å². The third-order valence-corrected chi connectivity index (χ3v) is 4.33. The maximum Gasteiger partial charge on any atom is 0.351 e. The highest BCUT2D eigenvalue weighted by Gasteiger charge is 2.23. The second-order valence-electron chi connectivity index (χ2n) is 5.35. The highest BCUT2D eigenvalue weighted by Crippen LogP contribution is 2.18. The lowest BCUT2D eigenvalue weighted by atomic mass is 10.2. The number of thiazole rings is 1. The standard InChI is InChI=1S/C17H19N3O4S/c1-10-14(25-12(3)19-10)16(22)24-11(2)15(21)20-17(23)18-9-13-7-5-4-6-8-13/h4-8,11H,9H2,1-3H3,(H2,18,20,21,23)/t11-/m0/s1. The Hall–Kier alpha value is -2.74. The smallest absolute Gasteiger partial charge is 0.351 e. The molecule has 0 radical (unpaired) electrons. The minimum absolute atomic E-state index is 0.285. The summed E-state index contributed by atoms with van der Waals surface area (Å²) in [5.41, 5.74) is 1.46. The molecule has 3 amide bonds. The number of imide groups is 1. The molecule has 0 saturated carbocycles. The second kappa shape index (κ2) is 8.39. The number of aryl methyl sites for hydroxylation is 2. The van der Waals surface area contributed by atoms with Crippen LogP contribution in [0.25, 0.3) is 0 Å². The van der Waals surface area contributed by atoms with Crippen molar-refractivity contribution in [3.63, 3.8) is 0 Å². The van der Waals surface area contributed by atoms with E-state index in [2.05, 4.69) is 15.6 Å². The number of amides is 3. The first kappa shape index (κ1) is 18.6. The van der Waals surface area contributed by atoms with Gasteiger partial charge in [-0.05, 0) is 26.3 Å². The number of aromatic nitrogens is 1. The number of carbonyl (C=O) groups is 3. The van der Waals surface area contributed by atoms with Crippen LogP contribution in [-0.2, 0) is 16.1 Å². The van der Waals surface area contributed by atoms with E-state index in [1.165, 1.54) is 18.3 Å². The Morgan fingerprint density at radius 1 is 1.20 bits per heavy atom. The van der Waals surface area contributed by atoms with Gasteiger partial charge in [0.2, 0.25) is 0 Å².